The largest absolute Gasteiger partial charge is 0.371 e. The molecule has 2 rings (SSSR count). The average molecular weight is 260 g/mol. The maximum Gasteiger partial charge on any atom is 0.0396 e. The van der Waals surface area contributed by atoms with Gasteiger partial charge in [-0.05, 0) is 49.4 Å². The minimum atomic E-state index is 0.884. The molecule has 1 aromatic rings. The second kappa shape index (κ2) is 6.95. The van der Waals surface area contributed by atoms with Crippen LogP contribution in [0.5, 0.6) is 0 Å². The van der Waals surface area contributed by atoms with Crippen molar-refractivity contribution in [1.82, 2.24) is 5.32 Å². The molecule has 0 saturated carbocycles. The summed E-state index contributed by atoms with van der Waals surface area (Å²) in [4.78, 5) is 2.59. The van der Waals surface area contributed by atoms with Crippen molar-refractivity contribution >= 4 is 5.69 Å². The Labute approximate surface area is 118 Å². The summed E-state index contributed by atoms with van der Waals surface area (Å²) in [5.41, 5.74) is 4.26. The molecule has 1 aliphatic heterocycles. The summed E-state index contributed by atoms with van der Waals surface area (Å²) in [7, 11) is 0. The van der Waals surface area contributed by atoms with Gasteiger partial charge in [-0.2, -0.15) is 0 Å². The first kappa shape index (κ1) is 14.4. The van der Waals surface area contributed by atoms with Crippen LogP contribution in [-0.2, 0) is 6.54 Å². The molecule has 0 spiro atoms. The summed E-state index contributed by atoms with van der Waals surface area (Å²) in [5.74, 6) is 0.884. The Morgan fingerprint density at radius 3 is 2.84 bits per heavy atom. The lowest BCUT2D eigenvalue weighted by molar-refractivity contribution is 0.404. The van der Waals surface area contributed by atoms with Crippen LogP contribution in [0.15, 0.2) is 18.2 Å². The fourth-order valence-electron chi connectivity index (χ4n) is 3.07. The van der Waals surface area contributed by atoms with Crippen LogP contribution < -0.4 is 10.2 Å². The van der Waals surface area contributed by atoms with Crippen molar-refractivity contribution in [2.75, 3.05) is 24.5 Å². The predicted octanol–water partition coefficient (Wildman–Crippen LogP) is 3.73. The highest BCUT2D eigenvalue weighted by atomic mass is 15.1. The SMILES string of the molecule is CCNCc1ccc(N2CCCC(CC)C2)c(C)c1. The highest BCUT2D eigenvalue weighted by Crippen LogP contribution is 2.27. The van der Waals surface area contributed by atoms with Crippen LogP contribution in [0.4, 0.5) is 5.69 Å². The molecule has 106 valence electrons. The molecule has 1 unspecified atom stereocenters. The Hall–Kier alpha value is -1.02. The second-order valence-corrected chi connectivity index (χ2v) is 5.76. The topological polar surface area (TPSA) is 15.3 Å². The fraction of sp³-hybridized carbons (Fsp3) is 0.647. The van der Waals surface area contributed by atoms with E-state index < -0.39 is 0 Å². The average Bonchev–Trinajstić information content (AvgIpc) is 2.45. The highest BCUT2D eigenvalue weighted by molar-refractivity contribution is 5.54. The molecule has 0 aliphatic carbocycles. The van der Waals surface area contributed by atoms with Crippen molar-refractivity contribution in [3.63, 3.8) is 0 Å². The van der Waals surface area contributed by atoms with E-state index in [2.05, 4.69) is 49.2 Å². The second-order valence-electron chi connectivity index (χ2n) is 5.76. The van der Waals surface area contributed by atoms with E-state index in [1.165, 1.54) is 49.2 Å². The normalized spacial score (nSPS) is 19.7. The van der Waals surface area contributed by atoms with Crippen LogP contribution in [0.25, 0.3) is 0 Å². The van der Waals surface area contributed by atoms with E-state index in [4.69, 9.17) is 0 Å². The van der Waals surface area contributed by atoms with Crippen molar-refractivity contribution < 1.29 is 0 Å². The number of aryl methyl sites for hydroxylation is 1. The zero-order valence-electron chi connectivity index (χ0n) is 12.7. The van der Waals surface area contributed by atoms with E-state index >= 15 is 0 Å². The van der Waals surface area contributed by atoms with Crippen LogP contribution >= 0.6 is 0 Å². The minimum Gasteiger partial charge on any atom is -0.371 e. The molecule has 1 aromatic carbocycles. The standard InChI is InChI=1S/C17H28N2/c1-4-15-7-6-10-19(13-15)17-9-8-16(11-14(17)3)12-18-5-2/h8-9,11,15,18H,4-7,10,12-13H2,1-3H3. The van der Waals surface area contributed by atoms with Gasteiger partial charge in [0.05, 0.1) is 0 Å². The van der Waals surface area contributed by atoms with Gasteiger partial charge in [-0.25, -0.2) is 0 Å². The Bertz CT molecular complexity index is 400. The molecule has 1 heterocycles. The van der Waals surface area contributed by atoms with Gasteiger partial charge in [0.2, 0.25) is 0 Å². The van der Waals surface area contributed by atoms with Gasteiger partial charge in [0.15, 0.2) is 0 Å². The number of anilines is 1. The van der Waals surface area contributed by atoms with Gasteiger partial charge in [0.25, 0.3) is 0 Å². The summed E-state index contributed by atoms with van der Waals surface area (Å²) in [6.45, 7) is 11.2. The lowest BCUT2D eigenvalue weighted by atomic mass is 9.94. The van der Waals surface area contributed by atoms with Gasteiger partial charge < -0.3 is 10.2 Å². The smallest absolute Gasteiger partial charge is 0.0396 e. The van der Waals surface area contributed by atoms with Gasteiger partial charge in [-0.15, -0.1) is 0 Å². The molecular formula is C17H28N2. The summed E-state index contributed by atoms with van der Waals surface area (Å²) >= 11 is 0. The van der Waals surface area contributed by atoms with Crippen LogP contribution in [0.2, 0.25) is 0 Å². The third-order valence-corrected chi connectivity index (χ3v) is 4.28. The first-order valence-corrected chi connectivity index (χ1v) is 7.79. The van der Waals surface area contributed by atoms with Gasteiger partial charge in [-0.3, -0.25) is 0 Å². The fourth-order valence-corrected chi connectivity index (χ4v) is 3.07. The number of benzene rings is 1. The molecule has 0 amide bonds. The summed E-state index contributed by atoms with van der Waals surface area (Å²) in [6, 6.07) is 6.94. The highest BCUT2D eigenvalue weighted by Gasteiger charge is 2.19. The van der Waals surface area contributed by atoms with Crippen molar-refractivity contribution in [2.45, 2.75) is 46.6 Å². The Morgan fingerprint density at radius 1 is 1.32 bits per heavy atom. The number of hydrogen-bond acceptors (Lipinski definition) is 2. The van der Waals surface area contributed by atoms with Crippen molar-refractivity contribution in [3.05, 3.63) is 29.3 Å². The number of nitrogens with one attached hydrogen (secondary N) is 1. The van der Waals surface area contributed by atoms with Crippen LogP contribution in [0.1, 0.15) is 44.2 Å². The molecule has 1 aliphatic rings. The quantitative estimate of drug-likeness (QED) is 0.868. The molecule has 1 saturated heterocycles. The van der Waals surface area contributed by atoms with Crippen LogP contribution in [0, 0.1) is 12.8 Å². The number of rotatable bonds is 5. The predicted molar refractivity (Wildman–Crippen MR) is 83.8 cm³/mol. The molecule has 0 radical (unpaired) electrons. The van der Waals surface area contributed by atoms with Crippen LogP contribution in [-0.4, -0.2) is 19.6 Å². The molecular weight excluding hydrogens is 232 g/mol. The van der Waals surface area contributed by atoms with E-state index in [9.17, 15) is 0 Å². The maximum atomic E-state index is 3.39. The third-order valence-electron chi connectivity index (χ3n) is 4.28. The molecule has 0 bridgehead atoms. The van der Waals surface area contributed by atoms with Crippen molar-refractivity contribution in [2.24, 2.45) is 5.92 Å². The number of piperidine rings is 1. The summed E-state index contributed by atoms with van der Waals surface area (Å²) < 4.78 is 0. The van der Waals surface area contributed by atoms with Gasteiger partial charge in [-0.1, -0.05) is 32.4 Å². The lowest BCUT2D eigenvalue weighted by Gasteiger charge is -2.35. The molecule has 2 heteroatoms. The molecule has 2 nitrogen and oxygen atoms in total. The van der Waals surface area contributed by atoms with E-state index in [0.717, 1.165) is 19.0 Å². The van der Waals surface area contributed by atoms with E-state index in [1.807, 2.05) is 0 Å². The first-order chi connectivity index (χ1) is 9.24. The Balaban J connectivity index is 2.07. The first-order valence-electron chi connectivity index (χ1n) is 7.79. The zero-order chi connectivity index (χ0) is 13.7. The third kappa shape index (κ3) is 3.73. The van der Waals surface area contributed by atoms with Gasteiger partial charge in [0, 0.05) is 25.3 Å². The van der Waals surface area contributed by atoms with E-state index in [0.29, 0.717) is 0 Å². The van der Waals surface area contributed by atoms with Gasteiger partial charge in [0.1, 0.15) is 0 Å². The van der Waals surface area contributed by atoms with Crippen molar-refractivity contribution in [3.8, 4) is 0 Å². The summed E-state index contributed by atoms with van der Waals surface area (Å²) in [5, 5.41) is 3.39. The molecule has 1 N–H and O–H groups in total. The summed E-state index contributed by atoms with van der Waals surface area (Å²) in [6.07, 6.45) is 4.07. The lowest BCUT2D eigenvalue weighted by Crippen LogP contribution is -2.35. The number of nitrogens with zero attached hydrogens (tertiary/aromatic N) is 1. The van der Waals surface area contributed by atoms with Crippen molar-refractivity contribution in [1.29, 1.82) is 0 Å². The molecule has 1 fully saturated rings. The molecule has 19 heavy (non-hydrogen) atoms. The number of hydrogen-bond donors (Lipinski definition) is 1. The monoisotopic (exact) mass is 260 g/mol. The van der Waals surface area contributed by atoms with Crippen LogP contribution in [0.3, 0.4) is 0 Å². The Morgan fingerprint density at radius 2 is 2.16 bits per heavy atom. The Kier molecular flexibility index (Phi) is 5.26. The van der Waals surface area contributed by atoms with E-state index in [1.54, 1.807) is 0 Å². The minimum absolute atomic E-state index is 0.884. The van der Waals surface area contributed by atoms with E-state index in [-0.39, 0.29) is 0 Å². The molecule has 0 aromatic heterocycles. The maximum absolute atomic E-state index is 3.39. The zero-order valence-corrected chi connectivity index (χ0v) is 12.7. The molecule has 1 atom stereocenters. The van der Waals surface area contributed by atoms with Gasteiger partial charge >= 0.3 is 0 Å².